The molecule has 0 unspecified atom stereocenters. The lowest BCUT2D eigenvalue weighted by molar-refractivity contribution is 0.440. The summed E-state index contributed by atoms with van der Waals surface area (Å²) in [6, 6.07) is 10.7. The summed E-state index contributed by atoms with van der Waals surface area (Å²) >= 11 is 0. The van der Waals surface area contributed by atoms with Crippen LogP contribution in [0.2, 0.25) is 0 Å². The van der Waals surface area contributed by atoms with E-state index in [1.54, 1.807) is 18.2 Å². The Bertz CT molecular complexity index is 861. The van der Waals surface area contributed by atoms with Crippen molar-refractivity contribution in [3.8, 4) is 17.2 Å². The predicted molar refractivity (Wildman–Crippen MR) is 115 cm³/mol. The molecule has 0 spiro atoms. The maximum absolute atomic E-state index is 11.6. The SMILES string of the molecule is CCCCCCCCCCCc1cc(O)ccc1Oc1ccccc1S(=O)(=O)O. The molecule has 0 saturated carbocycles. The van der Waals surface area contributed by atoms with Crippen molar-refractivity contribution < 1.29 is 22.8 Å². The van der Waals surface area contributed by atoms with Gasteiger partial charge in [0.05, 0.1) is 0 Å². The van der Waals surface area contributed by atoms with Crippen molar-refractivity contribution in [3.05, 3.63) is 48.0 Å². The Morgan fingerprint density at radius 2 is 1.45 bits per heavy atom. The highest BCUT2D eigenvalue weighted by Crippen LogP contribution is 2.33. The second-order valence-corrected chi connectivity index (χ2v) is 8.78. The third kappa shape index (κ3) is 8.07. The molecule has 2 aromatic carbocycles. The highest BCUT2D eigenvalue weighted by Gasteiger charge is 2.17. The van der Waals surface area contributed by atoms with Crippen molar-refractivity contribution in [2.75, 3.05) is 0 Å². The van der Waals surface area contributed by atoms with E-state index in [2.05, 4.69) is 6.92 Å². The van der Waals surface area contributed by atoms with Crippen LogP contribution in [0, 0.1) is 0 Å². The van der Waals surface area contributed by atoms with Crippen LogP contribution in [0.4, 0.5) is 0 Å². The molecule has 2 rings (SSSR count). The Labute approximate surface area is 174 Å². The molecule has 0 aromatic heterocycles. The van der Waals surface area contributed by atoms with E-state index in [-0.39, 0.29) is 16.4 Å². The van der Waals surface area contributed by atoms with Crippen molar-refractivity contribution in [2.24, 2.45) is 0 Å². The van der Waals surface area contributed by atoms with Crippen molar-refractivity contribution in [1.29, 1.82) is 0 Å². The van der Waals surface area contributed by atoms with Crippen LogP contribution in [0.1, 0.15) is 70.3 Å². The van der Waals surface area contributed by atoms with Gasteiger partial charge in [0.15, 0.2) is 0 Å². The quantitative estimate of drug-likeness (QED) is 0.285. The summed E-state index contributed by atoms with van der Waals surface area (Å²) < 4.78 is 38.4. The fourth-order valence-corrected chi connectivity index (χ4v) is 3.97. The Balaban J connectivity index is 1.94. The van der Waals surface area contributed by atoms with Crippen molar-refractivity contribution in [2.45, 2.75) is 76.0 Å². The number of aromatic hydroxyl groups is 1. The average molecular weight is 421 g/mol. The molecular weight excluding hydrogens is 388 g/mol. The molecule has 0 fully saturated rings. The van der Waals surface area contributed by atoms with E-state index < -0.39 is 10.1 Å². The number of benzene rings is 2. The first-order valence-corrected chi connectivity index (χ1v) is 11.9. The number of phenolic OH excluding ortho intramolecular Hbond substituents is 1. The molecule has 0 aliphatic rings. The lowest BCUT2D eigenvalue weighted by Crippen LogP contribution is -2.01. The molecule has 0 heterocycles. The van der Waals surface area contributed by atoms with E-state index in [1.165, 1.54) is 69.2 Å². The summed E-state index contributed by atoms with van der Waals surface area (Å²) in [6.45, 7) is 2.22. The van der Waals surface area contributed by atoms with E-state index >= 15 is 0 Å². The first-order chi connectivity index (χ1) is 13.9. The van der Waals surface area contributed by atoms with Gasteiger partial charge in [0, 0.05) is 0 Å². The summed E-state index contributed by atoms with van der Waals surface area (Å²) in [5.41, 5.74) is 0.818. The molecule has 2 aromatic rings. The standard InChI is InChI=1S/C23H32O5S/c1-2-3-4-5-6-7-8-9-10-13-19-18-20(24)16-17-21(19)28-22-14-11-12-15-23(22)29(25,26)27/h11-12,14-18,24H,2-10,13H2,1H3,(H,25,26,27). The third-order valence-electron chi connectivity index (χ3n) is 4.94. The number of phenols is 1. The van der Waals surface area contributed by atoms with E-state index in [0.717, 1.165) is 24.8 Å². The normalized spacial score (nSPS) is 11.5. The number of aryl methyl sites for hydroxylation is 1. The second kappa shape index (κ2) is 11.8. The second-order valence-electron chi connectivity index (χ2n) is 7.39. The minimum atomic E-state index is -4.38. The number of unbranched alkanes of at least 4 members (excludes halogenated alkanes) is 8. The zero-order chi connectivity index (χ0) is 21.1. The highest BCUT2D eigenvalue weighted by molar-refractivity contribution is 7.86. The van der Waals surface area contributed by atoms with Crippen LogP contribution in [0.25, 0.3) is 0 Å². The van der Waals surface area contributed by atoms with Crippen LogP contribution in [0.5, 0.6) is 17.2 Å². The van der Waals surface area contributed by atoms with Crippen LogP contribution in [-0.4, -0.2) is 18.1 Å². The number of rotatable bonds is 13. The topological polar surface area (TPSA) is 83.8 Å². The van der Waals surface area contributed by atoms with Gasteiger partial charge < -0.3 is 9.84 Å². The minimum Gasteiger partial charge on any atom is -0.508 e. The first kappa shape index (κ1) is 23.2. The monoisotopic (exact) mass is 420 g/mol. The van der Waals surface area contributed by atoms with Crippen LogP contribution in [0.3, 0.4) is 0 Å². The number of para-hydroxylation sites is 1. The minimum absolute atomic E-state index is 0.0639. The van der Waals surface area contributed by atoms with Crippen LogP contribution in [0.15, 0.2) is 47.4 Å². The van der Waals surface area contributed by atoms with E-state index in [4.69, 9.17) is 4.74 Å². The van der Waals surface area contributed by atoms with Gasteiger partial charge in [-0.1, -0.05) is 70.4 Å². The summed E-state index contributed by atoms with van der Waals surface area (Å²) in [4.78, 5) is -0.276. The number of ether oxygens (including phenoxy) is 1. The summed E-state index contributed by atoms with van der Waals surface area (Å²) in [5.74, 6) is 0.693. The Morgan fingerprint density at radius 1 is 0.828 bits per heavy atom. The Hall–Kier alpha value is -2.05. The molecule has 0 bridgehead atoms. The van der Waals surface area contributed by atoms with Crippen LogP contribution < -0.4 is 4.74 Å². The lowest BCUT2D eigenvalue weighted by atomic mass is 10.0. The molecule has 160 valence electrons. The number of hydrogen-bond acceptors (Lipinski definition) is 4. The molecule has 0 aliphatic heterocycles. The van der Waals surface area contributed by atoms with Gasteiger partial charge >= 0.3 is 0 Å². The van der Waals surface area contributed by atoms with Crippen molar-refractivity contribution >= 4 is 10.1 Å². The molecule has 5 nitrogen and oxygen atoms in total. The van der Waals surface area contributed by atoms with Gasteiger partial charge in [-0.25, -0.2) is 0 Å². The smallest absolute Gasteiger partial charge is 0.298 e. The third-order valence-corrected chi connectivity index (χ3v) is 5.83. The lowest BCUT2D eigenvalue weighted by Gasteiger charge is -2.13. The summed E-state index contributed by atoms with van der Waals surface area (Å²) in [5, 5.41) is 9.84. The highest BCUT2D eigenvalue weighted by atomic mass is 32.2. The maximum Gasteiger partial charge on any atom is 0.298 e. The van der Waals surface area contributed by atoms with Gasteiger partial charge in [0.2, 0.25) is 0 Å². The van der Waals surface area contributed by atoms with E-state index in [1.807, 2.05) is 0 Å². The van der Waals surface area contributed by atoms with Gasteiger partial charge in [-0.05, 0) is 48.7 Å². The van der Waals surface area contributed by atoms with Gasteiger partial charge in [-0.2, -0.15) is 8.42 Å². The average Bonchev–Trinajstić information content (AvgIpc) is 2.68. The van der Waals surface area contributed by atoms with Gasteiger partial charge in [-0.3, -0.25) is 4.55 Å². The fraction of sp³-hybridized carbons (Fsp3) is 0.478. The molecule has 6 heteroatoms. The molecule has 0 amide bonds. The number of hydrogen-bond donors (Lipinski definition) is 2. The van der Waals surface area contributed by atoms with E-state index in [0.29, 0.717) is 5.75 Å². The van der Waals surface area contributed by atoms with Crippen LogP contribution >= 0.6 is 0 Å². The maximum atomic E-state index is 11.6. The zero-order valence-electron chi connectivity index (χ0n) is 17.1. The van der Waals surface area contributed by atoms with Gasteiger partial charge in [0.25, 0.3) is 10.1 Å². The van der Waals surface area contributed by atoms with Crippen molar-refractivity contribution in [3.63, 3.8) is 0 Å². The molecule has 0 aliphatic carbocycles. The van der Waals surface area contributed by atoms with Crippen LogP contribution in [-0.2, 0) is 16.5 Å². The van der Waals surface area contributed by atoms with Gasteiger partial charge in [-0.15, -0.1) is 0 Å². The fourth-order valence-electron chi connectivity index (χ4n) is 3.35. The molecule has 29 heavy (non-hydrogen) atoms. The molecular formula is C23H32O5S. The zero-order valence-corrected chi connectivity index (χ0v) is 18.0. The first-order valence-electron chi connectivity index (χ1n) is 10.5. The summed E-state index contributed by atoms with van der Waals surface area (Å²) in [6.07, 6.45) is 11.7. The van der Waals surface area contributed by atoms with E-state index in [9.17, 15) is 18.1 Å². The van der Waals surface area contributed by atoms with Crippen molar-refractivity contribution in [1.82, 2.24) is 0 Å². The summed E-state index contributed by atoms with van der Waals surface area (Å²) in [7, 11) is -4.38. The molecule has 0 atom stereocenters. The molecule has 2 N–H and O–H groups in total. The Morgan fingerprint density at radius 3 is 2.10 bits per heavy atom. The molecule has 0 saturated heterocycles. The Kier molecular flexibility index (Phi) is 9.48. The van der Waals surface area contributed by atoms with Gasteiger partial charge in [0.1, 0.15) is 22.1 Å². The predicted octanol–water partition coefficient (Wildman–Crippen LogP) is 6.50. The largest absolute Gasteiger partial charge is 0.508 e. The molecule has 0 radical (unpaired) electrons.